The molecule has 1 aliphatic rings. The fourth-order valence-electron chi connectivity index (χ4n) is 1.19. The largest absolute Gasteiger partial charge is 0.366 e. The van der Waals surface area contributed by atoms with Crippen LogP contribution in [0.15, 0.2) is 12.3 Å². The van der Waals surface area contributed by atoms with Crippen molar-refractivity contribution in [3.8, 4) is 0 Å². The van der Waals surface area contributed by atoms with Gasteiger partial charge in [-0.1, -0.05) is 0 Å². The number of rotatable bonds is 1. The molecule has 0 radical (unpaired) electrons. The first-order chi connectivity index (χ1) is 5.27. The van der Waals surface area contributed by atoms with Gasteiger partial charge in [0.05, 0.1) is 5.56 Å². The van der Waals surface area contributed by atoms with Gasteiger partial charge < -0.3 is 5.73 Å². The minimum Gasteiger partial charge on any atom is -0.366 e. The number of pyridine rings is 1. The van der Waals surface area contributed by atoms with E-state index in [4.69, 9.17) is 5.73 Å². The molecule has 0 atom stereocenters. The summed E-state index contributed by atoms with van der Waals surface area (Å²) in [4.78, 5) is 14.8. The van der Waals surface area contributed by atoms with Crippen molar-refractivity contribution in [3.05, 3.63) is 29.1 Å². The first kappa shape index (κ1) is 6.34. The first-order valence-corrected chi connectivity index (χ1v) is 3.55. The molecule has 1 aromatic rings. The Labute approximate surface area is 64.2 Å². The van der Waals surface area contributed by atoms with Crippen LogP contribution in [0, 0.1) is 0 Å². The second-order valence-corrected chi connectivity index (χ2v) is 2.69. The van der Waals surface area contributed by atoms with E-state index in [2.05, 4.69) is 4.98 Å². The predicted octanol–water partition coefficient (Wildman–Crippen LogP) is 0.279. The summed E-state index contributed by atoms with van der Waals surface area (Å²) in [6.45, 7) is 0. The lowest BCUT2D eigenvalue weighted by atomic mass is 9.93. The van der Waals surface area contributed by atoms with Crippen LogP contribution in [0.2, 0.25) is 0 Å². The molecule has 3 nitrogen and oxygen atoms in total. The van der Waals surface area contributed by atoms with Gasteiger partial charge in [0, 0.05) is 11.9 Å². The number of nitrogens with two attached hydrogens (primary N) is 1. The SMILES string of the molecule is NC(=O)c1cnc2c(c1)CC2. The highest BCUT2D eigenvalue weighted by Crippen LogP contribution is 2.20. The van der Waals surface area contributed by atoms with Crippen LogP contribution in [0.5, 0.6) is 0 Å². The number of hydrogen-bond donors (Lipinski definition) is 1. The van der Waals surface area contributed by atoms with E-state index in [-0.39, 0.29) is 0 Å². The first-order valence-electron chi connectivity index (χ1n) is 3.55. The molecule has 1 aromatic heterocycles. The van der Waals surface area contributed by atoms with Gasteiger partial charge in [0.25, 0.3) is 0 Å². The van der Waals surface area contributed by atoms with Crippen LogP contribution in [0.3, 0.4) is 0 Å². The number of nitrogens with zero attached hydrogens (tertiary/aromatic N) is 1. The van der Waals surface area contributed by atoms with Crippen molar-refractivity contribution < 1.29 is 4.79 Å². The number of aryl methyl sites for hydroxylation is 2. The Morgan fingerprint density at radius 1 is 1.55 bits per heavy atom. The standard InChI is InChI=1S/C8H8N2O/c9-8(11)6-3-5-1-2-7(5)10-4-6/h3-4H,1-2H2,(H2,9,11). The summed E-state index contributed by atoms with van der Waals surface area (Å²) in [7, 11) is 0. The van der Waals surface area contributed by atoms with Gasteiger partial charge in [-0.05, 0) is 24.5 Å². The van der Waals surface area contributed by atoms with Crippen LogP contribution in [-0.2, 0) is 12.8 Å². The molecule has 0 saturated carbocycles. The number of primary amides is 1. The Kier molecular flexibility index (Phi) is 1.18. The lowest BCUT2D eigenvalue weighted by Crippen LogP contribution is -2.16. The fraction of sp³-hybridized carbons (Fsp3) is 0.250. The second kappa shape index (κ2) is 2.05. The minimum atomic E-state index is -0.396. The van der Waals surface area contributed by atoms with Crippen LogP contribution >= 0.6 is 0 Å². The fourth-order valence-corrected chi connectivity index (χ4v) is 1.19. The Bertz CT molecular complexity index is 320. The molecule has 2 N–H and O–H groups in total. The maximum absolute atomic E-state index is 10.7. The van der Waals surface area contributed by atoms with E-state index in [9.17, 15) is 4.79 Å². The van der Waals surface area contributed by atoms with E-state index < -0.39 is 5.91 Å². The Morgan fingerprint density at radius 3 is 2.82 bits per heavy atom. The molecule has 3 heteroatoms. The Hall–Kier alpha value is -1.38. The summed E-state index contributed by atoms with van der Waals surface area (Å²) in [5.74, 6) is -0.396. The zero-order valence-corrected chi connectivity index (χ0v) is 6.00. The van der Waals surface area contributed by atoms with E-state index in [0.717, 1.165) is 18.5 Å². The third-order valence-electron chi connectivity index (χ3n) is 1.98. The van der Waals surface area contributed by atoms with E-state index >= 15 is 0 Å². The van der Waals surface area contributed by atoms with Crippen molar-refractivity contribution in [2.75, 3.05) is 0 Å². The normalized spacial score (nSPS) is 13.5. The molecule has 11 heavy (non-hydrogen) atoms. The highest BCUT2D eigenvalue weighted by molar-refractivity contribution is 5.92. The number of hydrogen-bond acceptors (Lipinski definition) is 2. The Balaban J connectivity index is 2.46. The summed E-state index contributed by atoms with van der Waals surface area (Å²) in [6.07, 6.45) is 3.61. The number of carbonyl (C=O) groups excluding carboxylic acids is 1. The van der Waals surface area contributed by atoms with Gasteiger partial charge in [0.2, 0.25) is 5.91 Å². The number of carbonyl (C=O) groups is 1. The number of fused-ring (bicyclic) bond motifs is 1. The van der Waals surface area contributed by atoms with Crippen molar-refractivity contribution in [3.63, 3.8) is 0 Å². The molecule has 0 bridgehead atoms. The number of amides is 1. The molecule has 2 rings (SSSR count). The quantitative estimate of drug-likeness (QED) is 0.621. The summed E-state index contributed by atoms with van der Waals surface area (Å²) in [6, 6.07) is 1.83. The van der Waals surface area contributed by atoms with Crippen molar-refractivity contribution in [1.82, 2.24) is 4.98 Å². The molecular formula is C8H8N2O. The third kappa shape index (κ3) is 0.888. The average Bonchev–Trinajstić information content (AvgIpc) is 1.91. The van der Waals surface area contributed by atoms with Gasteiger partial charge in [0.15, 0.2) is 0 Å². The van der Waals surface area contributed by atoms with Crippen LogP contribution in [0.4, 0.5) is 0 Å². The lowest BCUT2D eigenvalue weighted by Gasteiger charge is -2.16. The van der Waals surface area contributed by atoms with Gasteiger partial charge in [-0.3, -0.25) is 9.78 Å². The average molecular weight is 148 g/mol. The predicted molar refractivity (Wildman–Crippen MR) is 40.2 cm³/mol. The van der Waals surface area contributed by atoms with Gasteiger partial charge in [-0.15, -0.1) is 0 Å². The zero-order valence-electron chi connectivity index (χ0n) is 6.00. The summed E-state index contributed by atoms with van der Waals surface area (Å²) in [5.41, 5.74) is 7.87. The number of aromatic nitrogens is 1. The molecule has 0 fully saturated rings. The monoisotopic (exact) mass is 148 g/mol. The van der Waals surface area contributed by atoms with E-state index in [0.29, 0.717) is 5.56 Å². The van der Waals surface area contributed by atoms with Crippen LogP contribution < -0.4 is 5.73 Å². The molecule has 1 aliphatic carbocycles. The van der Waals surface area contributed by atoms with Crippen molar-refractivity contribution >= 4 is 5.91 Å². The highest BCUT2D eigenvalue weighted by atomic mass is 16.1. The molecule has 0 aliphatic heterocycles. The smallest absolute Gasteiger partial charge is 0.250 e. The van der Waals surface area contributed by atoms with Crippen molar-refractivity contribution in [1.29, 1.82) is 0 Å². The maximum atomic E-state index is 10.7. The van der Waals surface area contributed by atoms with E-state index in [1.54, 1.807) is 6.20 Å². The summed E-state index contributed by atoms with van der Waals surface area (Å²) >= 11 is 0. The van der Waals surface area contributed by atoms with E-state index in [1.165, 1.54) is 5.56 Å². The molecule has 1 amide bonds. The summed E-state index contributed by atoms with van der Waals surface area (Å²) < 4.78 is 0. The summed E-state index contributed by atoms with van der Waals surface area (Å²) in [5, 5.41) is 0. The molecular weight excluding hydrogens is 140 g/mol. The van der Waals surface area contributed by atoms with Gasteiger partial charge in [-0.2, -0.15) is 0 Å². The van der Waals surface area contributed by atoms with Gasteiger partial charge in [-0.25, -0.2) is 0 Å². The van der Waals surface area contributed by atoms with Crippen molar-refractivity contribution in [2.45, 2.75) is 12.8 Å². The van der Waals surface area contributed by atoms with Gasteiger partial charge >= 0.3 is 0 Å². The minimum absolute atomic E-state index is 0.396. The Morgan fingerprint density at radius 2 is 2.36 bits per heavy atom. The molecule has 0 saturated heterocycles. The van der Waals surface area contributed by atoms with Gasteiger partial charge in [0.1, 0.15) is 0 Å². The zero-order chi connectivity index (χ0) is 7.84. The molecule has 0 spiro atoms. The second-order valence-electron chi connectivity index (χ2n) is 2.69. The molecule has 1 heterocycles. The molecule has 0 unspecified atom stereocenters. The third-order valence-corrected chi connectivity index (χ3v) is 1.98. The molecule has 0 aromatic carbocycles. The topological polar surface area (TPSA) is 56.0 Å². The lowest BCUT2D eigenvalue weighted by molar-refractivity contribution is 0.0999. The van der Waals surface area contributed by atoms with Crippen molar-refractivity contribution in [2.24, 2.45) is 5.73 Å². The van der Waals surface area contributed by atoms with Crippen LogP contribution in [0.25, 0.3) is 0 Å². The van der Waals surface area contributed by atoms with E-state index in [1.807, 2.05) is 6.07 Å². The van der Waals surface area contributed by atoms with Crippen LogP contribution in [0.1, 0.15) is 21.6 Å². The maximum Gasteiger partial charge on any atom is 0.250 e. The van der Waals surface area contributed by atoms with Crippen LogP contribution in [-0.4, -0.2) is 10.9 Å². The highest BCUT2D eigenvalue weighted by Gasteiger charge is 2.15. The molecule has 56 valence electrons.